The third-order valence-electron chi connectivity index (χ3n) is 5.71. The van der Waals surface area contributed by atoms with Gasteiger partial charge >= 0.3 is 0 Å². The van der Waals surface area contributed by atoms with Crippen LogP contribution in [0.1, 0.15) is 38.8 Å². The van der Waals surface area contributed by atoms with Crippen LogP contribution in [0.4, 0.5) is 0 Å². The van der Waals surface area contributed by atoms with E-state index in [1.54, 1.807) is 29.7 Å². The number of hydrogen-bond acceptors (Lipinski definition) is 6. The molecular formula is C20H24N4O3S. The minimum absolute atomic E-state index is 0.0790. The summed E-state index contributed by atoms with van der Waals surface area (Å²) in [7, 11) is 1.51. The van der Waals surface area contributed by atoms with E-state index in [4.69, 9.17) is 4.74 Å². The highest BCUT2D eigenvalue weighted by Gasteiger charge is 2.48. The van der Waals surface area contributed by atoms with Crippen LogP contribution in [0.25, 0.3) is 0 Å². The highest BCUT2D eigenvalue weighted by atomic mass is 32.1. The summed E-state index contributed by atoms with van der Waals surface area (Å²) >= 11 is 1.70. The zero-order valence-corrected chi connectivity index (χ0v) is 17.2. The quantitative estimate of drug-likeness (QED) is 0.769. The van der Waals surface area contributed by atoms with E-state index in [1.807, 2.05) is 16.7 Å². The number of likely N-dealkylation sites (tertiary alicyclic amines) is 2. The Morgan fingerprint density at radius 1 is 1.36 bits per heavy atom. The van der Waals surface area contributed by atoms with Crippen molar-refractivity contribution in [3.8, 4) is 5.88 Å². The Morgan fingerprint density at radius 2 is 2.18 bits per heavy atom. The second-order valence-corrected chi connectivity index (χ2v) is 8.56. The van der Waals surface area contributed by atoms with Gasteiger partial charge in [0.1, 0.15) is 5.56 Å². The van der Waals surface area contributed by atoms with Gasteiger partial charge in [0.05, 0.1) is 29.9 Å². The Labute approximate surface area is 168 Å². The van der Waals surface area contributed by atoms with Gasteiger partial charge in [-0.15, -0.1) is 11.3 Å². The number of carbonyl (C=O) groups excluding carboxylic acids is 2. The van der Waals surface area contributed by atoms with Crippen molar-refractivity contribution in [2.75, 3.05) is 20.2 Å². The summed E-state index contributed by atoms with van der Waals surface area (Å²) in [6.45, 7) is 5.39. The van der Waals surface area contributed by atoms with Crippen molar-refractivity contribution in [3.05, 3.63) is 39.5 Å². The lowest BCUT2D eigenvalue weighted by molar-refractivity contribution is -0.129. The Morgan fingerprint density at radius 3 is 2.89 bits per heavy atom. The molecule has 0 bridgehead atoms. The van der Waals surface area contributed by atoms with Crippen molar-refractivity contribution in [1.29, 1.82) is 0 Å². The van der Waals surface area contributed by atoms with E-state index in [9.17, 15) is 9.59 Å². The smallest absolute Gasteiger partial charge is 0.259 e. The number of ether oxygens (including phenoxy) is 1. The fraction of sp³-hybridized carbons (Fsp3) is 0.500. The first-order chi connectivity index (χ1) is 13.5. The van der Waals surface area contributed by atoms with Crippen molar-refractivity contribution in [2.24, 2.45) is 0 Å². The van der Waals surface area contributed by atoms with Crippen LogP contribution in [-0.2, 0) is 11.2 Å². The molecule has 0 radical (unpaired) electrons. The zero-order valence-electron chi connectivity index (χ0n) is 16.3. The molecule has 0 aromatic carbocycles. The monoisotopic (exact) mass is 400 g/mol. The molecule has 0 aliphatic carbocycles. The molecule has 0 N–H and O–H groups in total. The van der Waals surface area contributed by atoms with Crippen LogP contribution in [-0.4, -0.2) is 63.9 Å². The number of thiazole rings is 1. The van der Waals surface area contributed by atoms with E-state index in [1.165, 1.54) is 12.0 Å². The molecule has 7 nitrogen and oxygen atoms in total. The second-order valence-electron chi connectivity index (χ2n) is 7.27. The van der Waals surface area contributed by atoms with Crippen LogP contribution in [0.3, 0.4) is 0 Å². The first-order valence-electron chi connectivity index (χ1n) is 9.52. The second kappa shape index (κ2) is 7.50. The van der Waals surface area contributed by atoms with Gasteiger partial charge in [0.2, 0.25) is 11.8 Å². The van der Waals surface area contributed by atoms with Crippen LogP contribution in [0.5, 0.6) is 5.88 Å². The maximum absolute atomic E-state index is 13.1. The van der Waals surface area contributed by atoms with E-state index in [0.29, 0.717) is 31.0 Å². The molecule has 4 rings (SSSR count). The molecule has 4 heterocycles. The normalized spacial score (nSPS) is 21.3. The fourth-order valence-corrected chi connectivity index (χ4v) is 5.13. The topological polar surface area (TPSA) is 75.6 Å². The number of hydrogen-bond donors (Lipinski definition) is 0. The minimum atomic E-state index is -0.113. The van der Waals surface area contributed by atoms with Crippen molar-refractivity contribution in [3.63, 3.8) is 0 Å². The van der Waals surface area contributed by atoms with E-state index in [2.05, 4.69) is 16.9 Å². The van der Waals surface area contributed by atoms with Crippen molar-refractivity contribution < 1.29 is 14.3 Å². The van der Waals surface area contributed by atoms with Crippen molar-refractivity contribution in [1.82, 2.24) is 19.8 Å². The average Bonchev–Trinajstić information content (AvgIpc) is 3.33. The van der Waals surface area contributed by atoms with Gasteiger partial charge < -0.3 is 14.5 Å². The lowest BCUT2D eigenvalue weighted by atomic mass is 10.1. The summed E-state index contributed by atoms with van der Waals surface area (Å²) in [5.74, 6) is 0.334. The first kappa shape index (κ1) is 18.9. The van der Waals surface area contributed by atoms with E-state index in [-0.39, 0.29) is 23.9 Å². The average molecular weight is 401 g/mol. The van der Waals surface area contributed by atoms with Crippen LogP contribution < -0.4 is 4.74 Å². The number of fused-ring (bicyclic) bond motifs is 1. The summed E-state index contributed by atoms with van der Waals surface area (Å²) in [6, 6.07) is 3.46. The molecule has 2 unspecified atom stereocenters. The molecule has 2 saturated heterocycles. The van der Waals surface area contributed by atoms with E-state index in [0.717, 1.165) is 23.5 Å². The maximum Gasteiger partial charge on any atom is 0.259 e. The Balaban J connectivity index is 1.47. The van der Waals surface area contributed by atoms with Crippen LogP contribution in [0.15, 0.2) is 18.3 Å². The van der Waals surface area contributed by atoms with Gasteiger partial charge in [-0.25, -0.2) is 9.97 Å². The van der Waals surface area contributed by atoms with Gasteiger partial charge in [-0.3, -0.25) is 9.59 Å². The summed E-state index contributed by atoms with van der Waals surface area (Å²) in [6.07, 6.45) is 3.56. The van der Waals surface area contributed by atoms with Crippen molar-refractivity contribution >= 4 is 23.2 Å². The molecule has 8 heteroatoms. The molecule has 2 aromatic rings. The Bertz CT molecular complexity index is 893. The fourth-order valence-electron chi connectivity index (χ4n) is 4.20. The SMILES string of the molecule is COc1ncccc1C(=O)N1CCC2C1CC(=O)N2CCc1nc(C)c(C)s1. The lowest BCUT2D eigenvalue weighted by Gasteiger charge is -2.25. The molecule has 148 valence electrons. The number of rotatable bonds is 5. The van der Waals surface area contributed by atoms with Gasteiger partial charge in [-0.2, -0.15) is 0 Å². The van der Waals surface area contributed by atoms with Crippen LogP contribution in [0, 0.1) is 13.8 Å². The Hall–Kier alpha value is -2.48. The number of methoxy groups -OCH3 is 1. The molecule has 2 amide bonds. The van der Waals surface area contributed by atoms with E-state index < -0.39 is 0 Å². The predicted octanol–water partition coefficient (Wildman–Crippen LogP) is 2.22. The summed E-state index contributed by atoms with van der Waals surface area (Å²) in [5, 5.41) is 1.07. The van der Waals surface area contributed by atoms with Gasteiger partial charge in [0.25, 0.3) is 5.91 Å². The molecule has 2 aliphatic heterocycles. The molecule has 2 aliphatic rings. The molecule has 28 heavy (non-hydrogen) atoms. The van der Waals surface area contributed by atoms with Crippen LogP contribution in [0.2, 0.25) is 0 Å². The minimum Gasteiger partial charge on any atom is -0.480 e. The third kappa shape index (κ3) is 3.26. The Kier molecular flexibility index (Phi) is 5.05. The number of carbonyl (C=O) groups is 2. The largest absolute Gasteiger partial charge is 0.480 e. The molecular weight excluding hydrogens is 376 g/mol. The lowest BCUT2D eigenvalue weighted by Crippen LogP contribution is -2.40. The van der Waals surface area contributed by atoms with Gasteiger partial charge in [-0.1, -0.05) is 0 Å². The molecule has 2 fully saturated rings. The number of pyridine rings is 1. The van der Waals surface area contributed by atoms with Crippen LogP contribution >= 0.6 is 11.3 Å². The standard InChI is InChI=1S/C20H24N4O3S/c1-12-13(2)28-17(22-12)7-10-23-15-6-9-24(16(15)11-18(23)25)20(26)14-5-4-8-21-19(14)27-3/h4-5,8,15-16H,6-7,9-11H2,1-3H3. The molecule has 2 atom stereocenters. The molecule has 2 aromatic heterocycles. The molecule has 0 spiro atoms. The maximum atomic E-state index is 13.1. The predicted molar refractivity (Wildman–Crippen MR) is 106 cm³/mol. The van der Waals surface area contributed by atoms with Gasteiger partial charge in [0.15, 0.2) is 0 Å². The van der Waals surface area contributed by atoms with Gasteiger partial charge in [0, 0.05) is 37.0 Å². The summed E-state index contributed by atoms with van der Waals surface area (Å²) < 4.78 is 5.24. The van der Waals surface area contributed by atoms with E-state index >= 15 is 0 Å². The number of nitrogens with zero attached hydrogens (tertiary/aromatic N) is 4. The highest BCUT2D eigenvalue weighted by molar-refractivity contribution is 7.11. The number of amides is 2. The third-order valence-corrected chi connectivity index (χ3v) is 6.84. The summed E-state index contributed by atoms with van der Waals surface area (Å²) in [4.78, 5) is 39.4. The number of aromatic nitrogens is 2. The van der Waals surface area contributed by atoms with Crippen molar-refractivity contribution in [2.45, 2.75) is 45.2 Å². The molecule has 0 saturated carbocycles. The summed E-state index contributed by atoms with van der Waals surface area (Å²) in [5.41, 5.74) is 1.51. The zero-order chi connectivity index (χ0) is 19.8. The number of aryl methyl sites for hydroxylation is 2. The van der Waals surface area contributed by atoms with Gasteiger partial charge in [-0.05, 0) is 32.4 Å². The highest BCUT2D eigenvalue weighted by Crippen LogP contribution is 2.34. The first-order valence-corrected chi connectivity index (χ1v) is 10.3.